The predicted molar refractivity (Wildman–Crippen MR) is 114 cm³/mol. The van der Waals surface area contributed by atoms with Crippen molar-refractivity contribution in [3.63, 3.8) is 0 Å². The van der Waals surface area contributed by atoms with Gasteiger partial charge in [0.1, 0.15) is 22.9 Å². The molecule has 3 aromatic heterocycles. The Balaban J connectivity index is 1.47. The highest BCUT2D eigenvalue weighted by molar-refractivity contribution is 6.12. The molecule has 0 bridgehead atoms. The van der Waals surface area contributed by atoms with Crippen LogP contribution in [0.4, 0.5) is 10.1 Å². The maximum Gasteiger partial charge on any atom is 0.257 e. The minimum atomic E-state index is -0.515. The number of imidazole rings is 1. The summed E-state index contributed by atoms with van der Waals surface area (Å²) in [5, 5.41) is 6.05. The summed E-state index contributed by atoms with van der Waals surface area (Å²) in [5.74, 6) is 0.0232. The summed E-state index contributed by atoms with van der Waals surface area (Å²) in [4.78, 5) is 25.9. The zero-order valence-corrected chi connectivity index (χ0v) is 17.1. The van der Waals surface area contributed by atoms with E-state index in [4.69, 9.17) is 4.74 Å². The lowest BCUT2D eigenvalue weighted by Gasteiger charge is -2.18. The molecule has 1 aliphatic rings. The van der Waals surface area contributed by atoms with Gasteiger partial charge in [0.25, 0.3) is 5.91 Å². The lowest BCUT2D eigenvalue weighted by atomic mass is 10.1. The van der Waals surface area contributed by atoms with Gasteiger partial charge in [0, 0.05) is 49.9 Å². The smallest absolute Gasteiger partial charge is 0.257 e. The zero-order chi connectivity index (χ0) is 21.5. The van der Waals surface area contributed by atoms with Crippen LogP contribution in [-0.4, -0.2) is 44.5 Å². The fourth-order valence-electron chi connectivity index (χ4n) is 3.86. The molecule has 9 heteroatoms. The molecule has 2 atom stereocenters. The highest BCUT2D eigenvalue weighted by Gasteiger charge is 2.26. The molecule has 4 aromatic rings. The molecule has 2 N–H and O–H groups in total. The van der Waals surface area contributed by atoms with Crippen LogP contribution in [-0.2, 0) is 0 Å². The van der Waals surface area contributed by atoms with Crippen molar-refractivity contribution in [2.75, 3.05) is 18.4 Å². The lowest BCUT2D eigenvalue weighted by molar-refractivity contribution is 0.102. The Hall–Kier alpha value is -3.59. The summed E-state index contributed by atoms with van der Waals surface area (Å²) in [6.07, 6.45) is 6.44. The Morgan fingerprint density at radius 1 is 1.23 bits per heavy atom. The van der Waals surface area contributed by atoms with Crippen molar-refractivity contribution in [3.8, 4) is 5.75 Å². The van der Waals surface area contributed by atoms with Gasteiger partial charge in [-0.2, -0.15) is 0 Å². The van der Waals surface area contributed by atoms with Crippen molar-refractivity contribution in [1.29, 1.82) is 0 Å². The second-order valence-corrected chi connectivity index (χ2v) is 7.80. The minimum absolute atomic E-state index is 0.0261. The van der Waals surface area contributed by atoms with E-state index in [1.807, 2.05) is 0 Å². The van der Waals surface area contributed by atoms with Crippen LogP contribution in [0.5, 0.6) is 5.75 Å². The van der Waals surface area contributed by atoms with Gasteiger partial charge in [-0.15, -0.1) is 0 Å². The van der Waals surface area contributed by atoms with Crippen LogP contribution < -0.4 is 15.4 Å². The van der Waals surface area contributed by atoms with E-state index in [0.717, 1.165) is 13.1 Å². The molecular formula is C22H21FN6O2. The summed E-state index contributed by atoms with van der Waals surface area (Å²) in [5.41, 5.74) is 2.48. The number of fused-ring (bicyclic) bond motifs is 2. The highest BCUT2D eigenvalue weighted by Crippen LogP contribution is 2.28. The quantitative estimate of drug-likeness (QED) is 0.527. The average Bonchev–Trinajstić information content (AvgIpc) is 3.33. The van der Waals surface area contributed by atoms with Crippen LogP contribution in [0, 0.1) is 18.7 Å². The van der Waals surface area contributed by atoms with E-state index in [2.05, 4.69) is 32.5 Å². The van der Waals surface area contributed by atoms with Crippen molar-refractivity contribution in [3.05, 3.63) is 60.1 Å². The van der Waals surface area contributed by atoms with Crippen LogP contribution in [0.2, 0.25) is 0 Å². The molecule has 5 rings (SSSR count). The molecule has 31 heavy (non-hydrogen) atoms. The van der Waals surface area contributed by atoms with Gasteiger partial charge in [0.15, 0.2) is 11.5 Å². The van der Waals surface area contributed by atoms with Crippen LogP contribution >= 0.6 is 0 Å². The van der Waals surface area contributed by atoms with Crippen LogP contribution in [0.3, 0.4) is 0 Å². The second kappa shape index (κ2) is 7.59. The monoisotopic (exact) mass is 420 g/mol. The number of hydrogen-bond donors (Lipinski definition) is 2. The van der Waals surface area contributed by atoms with Crippen LogP contribution in [0.25, 0.3) is 16.7 Å². The van der Waals surface area contributed by atoms with Crippen molar-refractivity contribution in [2.45, 2.75) is 20.0 Å². The number of halogens is 1. The van der Waals surface area contributed by atoms with Crippen molar-refractivity contribution >= 4 is 28.3 Å². The number of nitrogens with one attached hydrogen (secondary N) is 2. The first-order chi connectivity index (χ1) is 15.0. The third kappa shape index (κ3) is 3.57. The van der Waals surface area contributed by atoms with Gasteiger partial charge in [0.05, 0.1) is 16.9 Å². The molecule has 4 heterocycles. The SMILES string of the molecule is Cc1cn2cc(NC(=O)c3ccc(OC4CNCC4C)c4nccnc34)cc(F)c2n1. The van der Waals surface area contributed by atoms with E-state index in [1.54, 1.807) is 42.0 Å². The van der Waals surface area contributed by atoms with E-state index >= 15 is 0 Å². The number of hydrogen-bond acceptors (Lipinski definition) is 6. The van der Waals surface area contributed by atoms with Gasteiger partial charge < -0.3 is 19.8 Å². The number of carbonyl (C=O) groups is 1. The van der Waals surface area contributed by atoms with Gasteiger partial charge in [-0.25, -0.2) is 14.4 Å². The number of aryl methyl sites for hydroxylation is 1. The number of nitrogens with zero attached hydrogens (tertiary/aromatic N) is 4. The van der Waals surface area contributed by atoms with E-state index in [1.165, 1.54) is 12.3 Å². The van der Waals surface area contributed by atoms with Crippen LogP contribution in [0.1, 0.15) is 23.0 Å². The molecule has 1 aliphatic heterocycles. The third-order valence-electron chi connectivity index (χ3n) is 5.44. The third-order valence-corrected chi connectivity index (χ3v) is 5.44. The van der Waals surface area contributed by atoms with Crippen molar-refractivity contribution in [2.24, 2.45) is 5.92 Å². The molecule has 1 saturated heterocycles. The fourth-order valence-corrected chi connectivity index (χ4v) is 3.86. The van der Waals surface area contributed by atoms with E-state index in [0.29, 0.717) is 39.6 Å². The Morgan fingerprint density at radius 2 is 2.03 bits per heavy atom. The van der Waals surface area contributed by atoms with Gasteiger partial charge in [-0.05, 0) is 19.1 Å². The summed E-state index contributed by atoms with van der Waals surface area (Å²) in [7, 11) is 0. The number of rotatable bonds is 4. The number of pyridine rings is 1. The summed E-state index contributed by atoms with van der Waals surface area (Å²) in [6.45, 7) is 5.55. The Morgan fingerprint density at radius 3 is 2.81 bits per heavy atom. The maximum absolute atomic E-state index is 14.4. The highest BCUT2D eigenvalue weighted by atomic mass is 19.1. The number of carbonyl (C=O) groups excluding carboxylic acids is 1. The standard InChI is InChI=1S/C22H21FN6O2/c1-12-8-24-9-18(12)31-17-4-3-15(19-20(17)26-6-5-25-19)22(30)28-14-7-16(23)21-27-13(2)10-29(21)11-14/h3-7,10-12,18,24H,8-9H2,1-2H3,(H,28,30). The molecule has 0 aliphatic carbocycles. The molecule has 1 aromatic carbocycles. The first-order valence-electron chi connectivity index (χ1n) is 10.1. The number of ether oxygens (including phenoxy) is 1. The molecule has 1 fully saturated rings. The molecular weight excluding hydrogens is 399 g/mol. The fraction of sp³-hybridized carbons (Fsp3) is 0.273. The maximum atomic E-state index is 14.4. The van der Waals surface area contributed by atoms with Gasteiger partial charge in [-0.3, -0.25) is 9.78 Å². The second-order valence-electron chi connectivity index (χ2n) is 7.80. The molecule has 158 valence electrons. The summed E-state index contributed by atoms with van der Waals surface area (Å²) >= 11 is 0. The number of amides is 1. The molecule has 1 amide bonds. The number of benzene rings is 1. The minimum Gasteiger partial charge on any atom is -0.486 e. The molecule has 0 saturated carbocycles. The van der Waals surface area contributed by atoms with Gasteiger partial charge in [0.2, 0.25) is 0 Å². The van der Waals surface area contributed by atoms with E-state index < -0.39 is 11.7 Å². The Kier molecular flexibility index (Phi) is 4.74. The molecule has 2 unspecified atom stereocenters. The Labute approximate surface area is 177 Å². The Bertz CT molecular complexity index is 1300. The topological polar surface area (TPSA) is 93.4 Å². The normalized spacial score (nSPS) is 18.5. The van der Waals surface area contributed by atoms with E-state index in [9.17, 15) is 9.18 Å². The summed E-state index contributed by atoms with van der Waals surface area (Å²) in [6, 6.07) is 4.64. The zero-order valence-electron chi connectivity index (χ0n) is 17.1. The van der Waals surface area contributed by atoms with Crippen molar-refractivity contribution < 1.29 is 13.9 Å². The molecule has 0 spiro atoms. The van der Waals surface area contributed by atoms with Gasteiger partial charge >= 0.3 is 0 Å². The molecule has 8 nitrogen and oxygen atoms in total. The van der Waals surface area contributed by atoms with Gasteiger partial charge in [-0.1, -0.05) is 6.92 Å². The lowest BCUT2D eigenvalue weighted by Crippen LogP contribution is -2.24. The largest absolute Gasteiger partial charge is 0.486 e. The number of aromatic nitrogens is 4. The average molecular weight is 420 g/mol. The van der Waals surface area contributed by atoms with Crippen molar-refractivity contribution in [1.82, 2.24) is 24.7 Å². The first-order valence-corrected chi connectivity index (χ1v) is 10.1. The van der Waals surface area contributed by atoms with Crippen LogP contribution in [0.15, 0.2) is 43.0 Å². The summed E-state index contributed by atoms with van der Waals surface area (Å²) < 4.78 is 22.1. The molecule has 0 radical (unpaired) electrons. The first kappa shape index (κ1) is 19.4. The number of anilines is 1. The van der Waals surface area contributed by atoms with E-state index in [-0.39, 0.29) is 11.8 Å². The predicted octanol–water partition coefficient (Wildman–Crippen LogP) is 2.96.